The van der Waals surface area contributed by atoms with Gasteiger partial charge in [-0.05, 0) is 67.4 Å². The van der Waals surface area contributed by atoms with Crippen molar-refractivity contribution in [1.82, 2.24) is 5.01 Å². The molecule has 37 heavy (non-hydrogen) atoms. The van der Waals surface area contributed by atoms with Crippen molar-refractivity contribution < 1.29 is 18.9 Å². The molecule has 0 aliphatic carbocycles. The number of benzene rings is 3. The van der Waals surface area contributed by atoms with Gasteiger partial charge in [-0.15, -0.1) is 0 Å². The first-order valence-corrected chi connectivity index (χ1v) is 13.4. The Bertz CT molecular complexity index is 1220. The van der Waals surface area contributed by atoms with Crippen LogP contribution in [0.1, 0.15) is 74.9 Å². The summed E-state index contributed by atoms with van der Waals surface area (Å²) in [4.78, 5) is 0. The summed E-state index contributed by atoms with van der Waals surface area (Å²) in [6.07, 6.45) is 5.10. The van der Waals surface area contributed by atoms with Crippen molar-refractivity contribution in [2.75, 3.05) is 20.3 Å². The molecule has 2 heterocycles. The van der Waals surface area contributed by atoms with Gasteiger partial charge in [0.2, 0.25) is 6.23 Å². The number of hydrogen-bond acceptors (Lipinski definition) is 6. The second kappa shape index (κ2) is 11.6. The Morgan fingerprint density at radius 2 is 1.76 bits per heavy atom. The van der Waals surface area contributed by atoms with Crippen LogP contribution in [0, 0.1) is 0 Å². The molecule has 0 unspecified atom stereocenters. The minimum atomic E-state index is -0.368. The summed E-state index contributed by atoms with van der Waals surface area (Å²) >= 11 is 0. The van der Waals surface area contributed by atoms with Crippen LogP contribution in [0.3, 0.4) is 0 Å². The number of fused-ring (bicyclic) bond motifs is 3. The highest BCUT2D eigenvalue weighted by atomic mass is 16.5. The van der Waals surface area contributed by atoms with Gasteiger partial charge in [-0.2, -0.15) is 5.10 Å². The van der Waals surface area contributed by atoms with Crippen LogP contribution in [-0.4, -0.2) is 31.0 Å². The van der Waals surface area contributed by atoms with E-state index in [0.717, 1.165) is 52.5 Å². The molecule has 0 bridgehead atoms. The van der Waals surface area contributed by atoms with Crippen molar-refractivity contribution in [2.45, 2.75) is 58.2 Å². The van der Waals surface area contributed by atoms with E-state index >= 15 is 0 Å². The van der Waals surface area contributed by atoms with Crippen molar-refractivity contribution in [1.29, 1.82) is 0 Å². The highest BCUT2D eigenvalue weighted by Gasteiger charge is 2.41. The van der Waals surface area contributed by atoms with Crippen LogP contribution in [0.25, 0.3) is 0 Å². The van der Waals surface area contributed by atoms with E-state index in [1.807, 2.05) is 43.3 Å². The number of rotatable bonds is 11. The lowest BCUT2D eigenvalue weighted by molar-refractivity contribution is -0.0191. The Balaban J connectivity index is 1.42. The first-order chi connectivity index (χ1) is 18.2. The highest BCUT2D eigenvalue weighted by molar-refractivity contribution is 6.02. The van der Waals surface area contributed by atoms with Crippen molar-refractivity contribution in [3.8, 4) is 23.0 Å². The van der Waals surface area contributed by atoms with E-state index in [1.54, 1.807) is 7.11 Å². The molecular weight excluding hydrogens is 464 g/mol. The smallest absolute Gasteiger partial charge is 0.214 e. The zero-order valence-corrected chi connectivity index (χ0v) is 22.0. The van der Waals surface area contributed by atoms with E-state index in [-0.39, 0.29) is 12.3 Å². The fourth-order valence-corrected chi connectivity index (χ4v) is 5.01. The van der Waals surface area contributed by atoms with Crippen molar-refractivity contribution in [3.05, 3.63) is 83.4 Å². The Morgan fingerprint density at radius 1 is 0.919 bits per heavy atom. The molecule has 0 fully saturated rings. The van der Waals surface area contributed by atoms with Gasteiger partial charge in [0.25, 0.3) is 0 Å². The number of unbranched alkanes of at least 4 members (excludes halogenated alkanes) is 3. The van der Waals surface area contributed by atoms with Crippen LogP contribution >= 0.6 is 0 Å². The third kappa shape index (κ3) is 5.38. The maximum Gasteiger partial charge on any atom is 0.214 e. The van der Waals surface area contributed by atoms with E-state index in [4.69, 9.17) is 24.0 Å². The van der Waals surface area contributed by atoms with Crippen LogP contribution in [0.5, 0.6) is 23.0 Å². The number of hydrazone groups is 1. The summed E-state index contributed by atoms with van der Waals surface area (Å²) in [5, 5.41) is 7.17. The fraction of sp³-hybridized carbons (Fsp3) is 0.387. The summed E-state index contributed by atoms with van der Waals surface area (Å²) < 4.78 is 23.9. The Hall–Kier alpha value is -3.67. The SMILES string of the molecule is CCCCCCOc1ccc([C@H]2Oc3ccccc3[C@H]3CC(c4ccc(OCC)cc4)=NN32)cc1OC. The van der Waals surface area contributed by atoms with Crippen molar-refractivity contribution >= 4 is 5.71 Å². The Morgan fingerprint density at radius 3 is 2.54 bits per heavy atom. The lowest BCUT2D eigenvalue weighted by Gasteiger charge is -2.38. The van der Waals surface area contributed by atoms with Crippen LogP contribution in [-0.2, 0) is 0 Å². The average Bonchev–Trinajstić information content (AvgIpc) is 3.39. The molecule has 2 atom stereocenters. The van der Waals surface area contributed by atoms with Crippen LogP contribution in [0.15, 0.2) is 71.8 Å². The molecule has 3 aromatic carbocycles. The second-order valence-electron chi connectivity index (χ2n) is 9.43. The Kier molecular flexibility index (Phi) is 7.83. The summed E-state index contributed by atoms with van der Waals surface area (Å²) in [5.74, 6) is 3.23. The predicted octanol–water partition coefficient (Wildman–Crippen LogP) is 7.30. The van der Waals surface area contributed by atoms with E-state index in [1.165, 1.54) is 19.3 Å². The topological polar surface area (TPSA) is 52.5 Å². The molecule has 2 aliphatic heterocycles. The molecular formula is C31H36N2O4. The zero-order chi connectivity index (χ0) is 25.6. The number of ether oxygens (including phenoxy) is 4. The molecule has 0 N–H and O–H groups in total. The number of para-hydroxylation sites is 1. The molecule has 0 saturated heterocycles. The molecule has 2 aliphatic rings. The van der Waals surface area contributed by atoms with Gasteiger partial charge in [-0.25, -0.2) is 5.01 Å². The van der Waals surface area contributed by atoms with Gasteiger partial charge in [0.15, 0.2) is 11.5 Å². The molecule has 0 saturated carbocycles. The van der Waals surface area contributed by atoms with Gasteiger partial charge in [0, 0.05) is 17.5 Å². The van der Waals surface area contributed by atoms with Crippen molar-refractivity contribution in [3.63, 3.8) is 0 Å². The lowest BCUT2D eigenvalue weighted by Crippen LogP contribution is -2.33. The molecule has 6 heteroatoms. The largest absolute Gasteiger partial charge is 0.494 e. The van der Waals surface area contributed by atoms with Gasteiger partial charge in [0.05, 0.1) is 32.1 Å². The zero-order valence-electron chi connectivity index (χ0n) is 22.0. The van der Waals surface area contributed by atoms with E-state index < -0.39 is 0 Å². The standard InChI is InChI=1S/C31H36N2O4/c1-4-6-7-10-19-36-29-18-15-23(20-30(29)34-3)31-33-27(25-11-8-9-12-28(25)37-31)21-26(32-33)22-13-16-24(17-14-22)35-5-2/h8-9,11-18,20,27,31H,4-7,10,19,21H2,1-3H3/t27-,31-/m1/s1. The lowest BCUT2D eigenvalue weighted by atomic mass is 9.96. The summed E-state index contributed by atoms with van der Waals surface area (Å²) in [5.41, 5.74) is 4.27. The minimum Gasteiger partial charge on any atom is -0.494 e. The maximum atomic E-state index is 6.53. The number of methoxy groups -OCH3 is 1. The summed E-state index contributed by atoms with van der Waals surface area (Å²) in [7, 11) is 1.68. The van der Waals surface area contributed by atoms with Gasteiger partial charge < -0.3 is 18.9 Å². The van der Waals surface area contributed by atoms with Gasteiger partial charge in [-0.1, -0.05) is 44.4 Å². The first kappa shape index (κ1) is 25.0. The quantitative estimate of drug-likeness (QED) is 0.259. The third-order valence-corrected chi connectivity index (χ3v) is 6.93. The second-order valence-corrected chi connectivity index (χ2v) is 9.43. The molecule has 194 valence electrons. The summed E-state index contributed by atoms with van der Waals surface area (Å²) in [6.45, 7) is 5.54. The average molecular weight is 501 g/mol. The molecule has 0 aromatic heterocycles. The van der Waals surface area contributed by atoms with Gasteiger partial charge in [0.1, 0.15) is 11.5 Å². The molecule has 0 amide bonds. The van der Waals surface area contributed by atoms with Gasteiger partial charge in [-0.3, -0.25) is 0 Å². The van der Waals surface area contributed by atoms with E-state index in [0.29, 0.717) is 19.0 Å². The number of hydrogen-bond donors (Lipinski definition) is 0. The summed E-state index contributed by atoms with van der Waals surface area (Å²) in [6, 6.07) is 22.6. The number of nitrogens with zero attached hydrogens (tertiary/aromatic N) is 2. The van der Waals surface area contributed by atoms with Crippen LogP contribution in [0.2, 0.25) is 0 Å². The highest BCUT2D eigenvalue weighted by Crippen LogP contribution is 2.48. The van der Waals surface area contributed by atoms with Crippen molar-refractivity contribution in [2.24, 2.45) is 5.10 Å². The predicted molar refractivity (Wildman–Crippen MR) is 146 cm³/mol. The Labute approximate surface area is 219 Å². The molecule has 0 spiro atoms. The third-order valence-electron chi connectivity index (χ3n) is 6.93. The molecule has 5 rings (SSSR count). The van der Waals surface area contributed by atoms with Gasteiger partial charge >= 0.3 is 0 Å². The maximum absolute atomic E-state index is 6.53. The van der Waals surface area contributed by atoms with Crippen LogP contribution in [0.4, 0.5) is 0 Å². The minimum absolute atomic E-state index is 0.0944. The monoisotopic (exact) mass is 500 g/mol. The van der Waals surface area contributed by atoms with E-state index in [9.17, 15) is 0 Å². The van der Waals surface area contributed by atoms with Crippen LogP contribution < -0.4 is 18.9 Å². The molecule has 6 nitrogen and oxygen atoms in total. The van der Waals surface area contributed by atoms with E-state index in [2.05, 4.69) is 42.3 Å². The fourth-order valence-electron chi connectivity index (χ4n) is 5.01. The first-order valence-electron chi connectivity index (χ1n) is 13.4. The normalized spacial score (nSPS) is 17.9. The molecule has 0 radical (unpaired) electrons. The molecule has 3 aromatic rings.